The predicted octanol–water partition coefficient (Wildman–Crippen LogP) is 1.85. The van der Waals surface area contributed by atoms with E-state index < -0.39 is 0 Å². The number of nitrogens with two attached hydrogens (primary N) is 1. The predicted molar refractivity (Wildman–Crippen MR) is 76.7 cm³/mol. The zero-order chi connectivity index (χ0) is 13.5. The Bertz CT molecular complexity index is 634. The van der Waals surface area contributed by atoms with E-state index in [9.17, 15) is 0 Å². The molecule has 1 aromatic heterocycles. The second-order valence-corrected chi connectivity index (χ2v) is 5.49. The first-order chi connectivity index (χ1) is 9.83. The summed E-state index contributed by atoms with van der Waals surface area (Å²) in [6, 6.07) is 8.02. The number of rotatable bonds is 2. The maximum Gasteiger partial charge on any atom is 0.157 e. The van der Waals surface area contributed by atoms with Crippen LogP contribution in [0.1, 0.15) is 12.8 Å². The quantitative estimate of drug-likeness (QED) is 0.845. The van der Waals surface area contributed by atoms with Crippen LogP contribution in [0.3, 0.4) is 0 Å². The lowest BCUT2D eigenvalue weighted by molar-refractivity contribution is 0.0305. The molecule has 2 unspecified atom stereocenters. The topological polar surface area (TPSA) is 60.6 Å². The summed E-state index contributed by atoms with van der Waals surface area (Å²) >= 11 is 0. The molecule has 2 aromatic rings. The fourth-order valence-corrected chi connectivity index (χ4v) is 3.23. The van der Waals surface area contributed by atoms with Crippen LogP contribution in [0.5, 0.6) is 5.75 Å². The fourth-order valence-electron chi connectivity index (χ4n) is 3.23. The minimum atomic E-state index is 0.378. The van der Waals surface area contributed by atoms with Crippen molar-refractivity contribution in [1.29, 1.82) is 0 Å². The number of fused-ring (bicyclic) bond motifs is 3. The summed E-state index contributed by atoms with van der Waals surface area (Å²) in [4.78, 5) is 11.7. The van der Waals surface area contributed by atoms with Crippen LogP contribution in [-0.4, -0.2) is 30.3 Å². The smallest absolute Gasteiger partial charge is 0.157 e. The Morgan fingerprint density at radius 1 is 1.20 bits per heavy atom. The number of pyridine rings is 1. The summed E-state index contributed by atoms with van der Waals surface area (Å²) < 4.78 is 5.88. The van der Waals surface area contributed by atoms with E-state index in [4.69, 9.17) is 15.5 Å². The summed E-state index contributed by atoms with van der Waals surface area (Å²) in [5, 5.41) is 0.950. The van der Waals surface area contributed by atoms with Crippen LogP contribution < -0.4 is 15.6 Å². The van der Waals surface area contributed by atoms with Crippen LogP contribution in [0, 0.1) is 0 Å². The van der Waals surface area contributed by atoms with E-state index in [0.717, 1.165) is 24.0 Å². The van der Waals surface area contributed by atoms with Crippen LogP contribution in [0.25, 0.3) is 10.9 Å². The number of hydrogen-bond acceptors (Lipinski definition) is 5. The molecule has 2 atom stereocenters. The molecule has 2 N–H and O–H groups in total. The van der Waals surface area contributed by atoms with Crippen molar-refractivity contribution >= 4 is 16.6 Å². The summed E-state index contributed by atoms with van der Waals surface area (Å²) in [5.41, 5.74) is 2.08. The molecular formula is C15H17N3O2. The minimum absolute atomic E-state index is 0.378. The first-order valence-electron chi connectivity index (χ1n) is 6.99. The molecule has 0 spiro atoms. The molecule has 0 aliphatic carbocycles. The summed E-state index contributed by atoms with van der Waals surface area (Å²) in [6.45, 7) is 1.92. The fraction of sp³-hybridized carbons (Fsp3) is 0.400. The molecule has 0 saturated carbocycles. The second-order valence-electron chi connectivity index (χ2n) is 5.49. The van der Waals surface area contributed by atoms with Crippen molar-refractivity contribution in [2.45, 2.75) is 25.0 Å². The Morgan fingerprint density at radius 2 is 2.00 bits per heavy atom. The van der Waals surface area contributed by atoms with Crippen LogP contribution in [-0.2, 0) is 4.74 Å². The van der Waals surface area contributed by atoms with Gasteiger partial charge in [0.1, 0.15) is 0 Å². The van der Waals surface area contributed by atoms with Crippen LogP contribution in [0.2, 0.25) is 0 Å². The molecule has 20 heavy (non-hydrogen) atoms. The van der Waals surface area contributed by atoms with Gasteiger partial charge in [0.05, 0.1) is 17.7 Å². The maximum absolute atomic E-state index is 5.88. The van der Waals surface area contributed by atoms with Gasteiger partial charge in [-0.1, -0.05) is 0 Å². The highest BCUT2D eigenvalue weighted by molar-refractivity contribution is 5.88. The normalized spacial score (nSPS) is 25.1. The van der Waals surface area contributed by atoms with Crippen molar-refractivity contribution < 1.29 is 9.57 Å². The minimum Gasteiger partial charge on any atom is -0.411 e. The zero-order valence-electron chi connectivity index (χ0n) is 11.2. The van der Waals surface area contributed by atoms with E-state index in [1.54, 1.807) is 12.3 Å². The Balaban J connectivity index is 1.73. The van der Waals surface area contributed by atoms with Crippen LogP contribution in [0.4, 0.5) is 5.69 Å². The van der Waals surface area contributed by atoms with Gasteiger partial charge in [0.15, 0.2) is 5.75 Å². The molecule has 2 aliphatic heterocycles. The van der Waals surface area contributed by atoms with E-state index in [1.165, 1.54) is 18.5 Å². The SMILES string of the molecule is NOc1ccnc2ccc(N3CC4CCC(C3)O4)cc12. The molecule has 3 heterocycles. The molecule has 104 valence electrons. The molecule has 0 radical (unpaired) electrons. The zero-order valence-corrected chi connectivity index (χ0v) is 11.2. The van der Waals surface area contributed by atoms with Gasteiger partial charge in [0.2, 0.25) is 0 Å². The van der Waals surface area contributed by atoms with Crippen LogP contribution in [0.15, 0.2) is 30.5 Å². The lowest BCUT2D eigenvalue weighted by Crippen LogP contribution is -2.42. The van der Waals surface area contributed by atoms with E-state index in [-0.39, 0.29) is 0 Å². The van der Waals surface area contributed by atoms with Gasteiger partial charge in [0, 0.05) is 36.4 Å². The number of benzene rings is 1. The monoisotopic (exact) mass is 271 g/mol. The lowest BCUT2D eigenvalue weighted by atomic mass is 10.1. The van der Waals surface area contributed by atoms with Gasteiger partial charge in [-0.25, -0.2) is 0 Å². The highest BCUT2D eigenvalue weighted by Gasteiger charge is 2.33. The highest BCUT2D eigenvalue weighted by atomic mass is 16.6. The number of aromatic nitrogens is 1. The second kappa shape index (κ2) is 4.61. The van der Waals surface area contributed by atoms with E-state index in [1.807, 2.05) is 6.07 Å². The maximum atomic E-state index is 5.88. The molecule has 2 bridgehead atoms. The Morgan fingerprint density at radius 3 is 2.75 bits per heavy atom. The van der Waals surface area contributed by atoms with Crippen molar-refractivity contribution in [2.24, 2.45) is 5.90 Å². The van der Waals surface area contributed by atoms with E-state index >= 15 is 0 Å². The van der Waals surface area contributed by atoms with E-state index in [2.05, 4.69) is 22.0 Å². The lowest BCUT2D eigenvalue weighted by Gasteiger charge is -2.34. The van der Waals surface area contributed by atoms with Crippen molar-refractivity contribution in [2.75, 3.05) is 18.0 Å². The summed E-state index contributed by atoms with van der Waals surface area (Å²) in [5.74, 6) is 6.00. The average molecular weight is 271 g/mol. The molecule has 2 fully saturated rings. The largest absolute Gasteiger partial charge is 0.411 e. The molecular weight excluding hydrogens is 254 g/mol. The average Bonchev–Trinajstić information content (AvgIpc) is 2.84. The third kappa shape index (κ3) is 1.90. The first kappa shape index (κ1) is 11.9. The number of nitrogens with zero attached hydrogens (tertiary/aromatic N) is 2. The molecule has 2 aliphatic rings. The standard InChI is InChI=1S/C15H17N3O2/c16-20-15-5-6-17-14-4-1-10(7-13(14)15)18-8-11-2-3-12(9-18)19-11/h1,4-7,11-12H,2-3,8-9,16H2. The highest BCUT2D eigenvalue weighted by Crippen LogP contribution is 2.32. The number of ether oxygens (including phenoxy) is 1. The van der Waals surface area contributed by atoms with Crippen molar-refractivity contribution in [3.8, 4) is 5.75 Å². The summed E-state index contributed by atoms with van der Waals surface area (Å²) in [6.07, 6.45) is 4.81. The van der Waals surface area contributed by atoms with Gasteiger partial charge in [-0.15, -0.1) is 0 Å². The van der Waals surface area contributed by atoms with Crippen molar-refractivity contribution in [3.63, 3.8) is 0 Å². The Kier molecular flexibility index (Phi) is 2.75. The van der Waals surface area contributed by atoms with Crippen molar-refractivity contribution in [3.05, 3.63) is 30.5 Å². The molecule has 5 heteroatoms. The van der Waals surface area contributed by atoms with Gasteiger partial charge in [0.25, 0.3) is 0 Å². The molecule has 4 rings (SSSR count). The van der Waals surface area contributed by atoms with Gasteiger partial charge < -0.3 is 14.5 Å². The summed E-state index contributed by atoms with van der Waals surface area (Å²) in [7, 11) is 0. The van der Waals surface area contributed by atoms with Gasteiger partial charge in [-0.3, -0.25) is 4.98 Å². The number of anilines is 1. The van der Waals surface area contributed by atoms with Gasteiger partial charge in [-0.2, -0.15) is 5.90 Å². The van der Waals surface area contributed by atoms with Crippen molar-refractivity contribution in [1.82, 2.24) is 4.98 Å². The Labute approximate surface area is 117 Å². The third-order valence-electron chi connectivity index (χ3n) is 4.22. The molecule has 1 aromatic carbocycles. The molecule has 2 saturated heterocycles. The van der Waals surface area contributed by atoms with Gasteiger partial charge >= 0.3 is 0 Å². The Hall–Kier alpha value is -1.85. The van der Waals surface area contributed by atoms with Crippen LogP contribution >= 0.6 is 0 Å². The van der Waals surface area contributed by atoms with E-state index in [0.29, 0.717) is 18.0 Å². The first-order valence-corrected chi connectivity index (χ1v) is 6.99. The van der Waals surface area contributed by atoms with Gasteiger partial charge in [-0.05, 0) is 31.0 Å². The number of morpholine rings is 1. The molecule has 0 amide bonds. The number of hydrogen-bond donors (Lipinski definition) is 1. The third-order valence-corrected chi connectivity index (χ3v) is 4.22. The molecule has 5 nitrogen and oxygen atoms in total.